The lowest BCUT2D eigenvalue weighted by Crippen LogP contribution is -2.43. The third-order valence-electron chi connectivity index (χ3n) is 2.95. The lowest BCUT2D eigenvalue weighted by atomic mass is 10.1. The minimum atomic E-state index is -0.308. The van der Waals surface area contributed by atoms with Crippen molar-refractivity contribution in [1.29, 1.82) is 0 Å². The molecule has 23 heavy (non-hydrogen) atoms. The molecule has 0 fully saturated rings. The lowest BCUT2D eigenvalue weighted by molar-refractivity contribution is 0.243. The zero-order chi connectivity index (χ0) is 16.9. The van der Waals surface area contributed by atoms with Crippen molar-refractivity contribution in [2.75, 3.05) is 5.32 Å². The van der Waals surface area contributed by atoms with Crippen molar-refractivity contribution in [3.05, 3.63) is 36.3 Å². The predicted molar refractivity (Wildman–Crippen MR) is 91.2 cm³/mol. The maximum absolute atomic E-state index is 12.1. The average Bonchev–Trinajstić information content (AvgIpc) is 2.46. The Morgan fingerprint density at radius 3 is 2.48 bits per heavy atom. The predicted octanol–water partition coefficient (Wildman–Crippen LogP) is 3.41. The van der Waals surface area contributed by atoms with E-state index in [1.807, 2.05) is 39.0 Å². The first-order chi connectivity index (χ1) is 10.9. The van der Waals surface area contributed by atoms with Gasteiger partial charge in [-0.25, -0.2) is 14.8 Å². The van der Waals surface area contributed by atoms with E-state index < -0.39 is 0 Å². The second kappa shape index (κ2) is 7.17. The smallest absolute Gasteiger partial charge is 0.320 e. The molecule has 2 aromatic rings. The number of pyridine rings is 1. The highest BCUT2D eigenvalue weighted by Crippen LogP contribution is 2.18. The van der Waals surface area contributed by atoms with Crippen molar-refractivity contribution < 1.29 is 4.79 Å². The third-order valence-corrected chi connectivity index (χ3v) is 2.95. The summed E-state index contributed by atoms with van der Waals surface area (Å²) in [5.41, 5.74) is 1.47. The van der Waals surface area contributed by atoms with Crippen LogP contribution in [-0.4, -0.2) is 26.5 Å². The van der Waals surface area contributed by atoms with Gasteiger partial charge in [-0.05, 0) is 39.3 Å². The number of aromatic nitrogens is 3. The van der Waals surface area contributed by atoms with E-state index in [0.717, 1.165) is 24.1 Å². The first-order valence-electron chi connectivity index (χ1n) is 7.75. The van der Waals surface area contributed by atoms with Crippen molar-refractivity contribution >= 4 is 11.8 Å². The van der Waals surface area contributed by atoms with Crippen LogP contribution in [0.2, 0.25) is 0 Å². The van der Waals surface area contributed by atoms with Crippen LogP contribution in [0.25, 0.3) is 11.4 Å². The van der Waals surface area contributed by atoms with E-state index in [4.69, 9.17) is 0 Å². The van der Waals surface area contributed by atoms with Gasteiger partial charge < -0.3 is 5.32 Å². The molecule has 6 heteroatoms. The summed E-state index contributed by atoms with van der Waals surface area (Å²) < 4.78 is 0. The zero-order valence-corrected chi connectivity index (χ0v) is 14.1. The fraction of sp³-hybridized carbons (Fsp3) is 0.412. The number of carbonyl (C=O) groups is 1. The van der Waals surface area contributed by atoms with E-state index in [-0.39, 0.29) is 11.6 Å². The van der Waals surface area contributed by atoms with Gasteiger partial charge in [-0.15, -0.1) is 0 Å². The van der Waals surface area contributed by atoms with Gasteiger partial charge in [0.1, 0.15) is 5.82 Å². The molecule has 0 radical (unpaired) electrons. The maximum atomic E-state index is 12.1. The molecule has 2 rings (SSSR count). The van der Waals surface area contributed by atoms with Crippen LogP contribution in [0.15, 0.2) is 30.6 Å². The molecule has 2 aromatic heterocycles. The van der Waals surface area contributed by atoms with Crippen LogP contribution in [0.5, 0.6) is 0 Å². The summed E-state index contributed by atoms with van der Waals surface area (Å²) in [5.74, 6) is 1.08. The van der Waals surface area contributed by atoms with Crippen LogP contribution < -0.4 is 10.6 Å². The van der Waals surface area contributed by atoms with Gasteiger partial charge >= 0.3 is 6.03 Å². The Bertz CT molecular complexity index is 664. The van der Waals surface area contributed by atoms with Crippen LogP contribution in [0.3, 0.4) is 0 Å². The third kappa shape index (κ3) is 5.32. The van der Waals surface area contributed by atoms with Gasteiger partial charge in [0, 0.05) is 35.3 Å². The number of nitrogens with zero attached hydrogens (tertiary/aromatic N) is 3. The summed E-state index contributed by atoms with van der Waals surface area (Å²) in [5, 5.41) is 5.65. The maximum Gasteiger partial charge on any atom is 0.320 e. The van der Waals surface area contributed by atoms with E-state index >= 15 is 0 Å². The molecule has 0 saturated carbocycles. The number of amides is 2. The van der Waals surface area contributed by atoms with Crippen LogP contribution in [-0.2, 0) is 6.42 Å². The molecule has 0 bridgehead atoms. The van der Waals surface area contributed by atoms with Gasteiger partial charge in [-0.3, -0.25) is 10.3 Å². The first-order valence-corrected chi connectivity index (χ1v) is 7.75. The van der Waals surface area contributed by atoms with Gasteiger partial charge in [0.2, 0.25) is 0 Å². The van der Waals surface area contributed by atoms with E-state index in [0.29, 0.717) is 11.6 Å². The zero-order valence-electron chi connectivity index (χ0n) is 14.1. The highest BCUT2D eigenvalue weighted by molar-refractivity contribution is 5.89. The average molecular weight is 313 g/mol. The molecule has 2 N–H and O–H groups in total. The Morgan fingerprint density at radius 2 is 1.87 bits per heavy atom. The second-order valence-electron chi connectivity index (χ2n) is 6.38. The molecule has 6 nitrogen and oxygen atoms in total. The standard InChI is InChI=1S/C17H23N5O/c1-5-6-13-11-14(21-16(23)22-17(2,3)4)20-15(19-13)12-7-9-18-10-8-12/h7-11H,5-6H2,1-4H3,(H2,19,20,21,22,23). The van der Waals surface area contributed by atoms with Gasteiger partial charge in [-0.1, -0.05) is 13.3 Å². The number of anilines is 1. The Labute approximate surface area is 136 Å². The molecule has 0 atom stereocenters. The number of aryl methyl sites for hydroxylation is 1. The highest BCUT2D eigenvalue weighted by atomic mass is 16.2. The number of nitrogens with one attached hydrogen (secondary N) is 2. The SMILES string of the molecule is CCCc1cc(NC(=O)NC(C)(C)C)nc(-c2ccncc2)n1. The van der Waals surface area contributed by atoms with Crippen molar-refractivity contribution in [2.24, 2.45) is 0 Å². The van der Waals surface area contributed by atoms with Crippen LogP contribution in [0.1, 0.15) is 39.8 Å². The molecule has 0 saturated heterocycles. The van der Waals surface area contributed by atoms with Crippen molar-refractivity contribution in [3.8, 4) is 11.4 Å². The molecule has 122 valence electrons. The largest absolute Gasteiger partial charge is 0.333 e. The quantitative estimate of drug-likeness (QED) is 0.906. The van der Waals surface area contributed by atoms with E-state index in [1.165, 1.54) is 0 Å². The topological polar surface area (TPSA) is 79.8 Å². The molecule has 0 unspecified atom stereocenters. The molecular weight excluding hydrogens is 290 g/mol. The van der Waals surface area contributed by atoms with Crippen molar-refractivity contribution in [2.45, 2.75) is 46.1 Å². The Kier molecular flexibility index (Phi) is 5.26. The number of hydrogen-bond acceptors (Lipinski definition) is 4. The molecule has 2 heterocycles. The molecule has 0 aliphatic rings. The normalized spacial score (nSPS) is 11.1. The molecule has 0 spiro atoms. The molecule has 0 aliphatic carbocycles. The molecular formula is C17H23N5O. The summed E-state index contributed by atoms with van der Waals surface area (Å²) >= 11 is 0. The van der Waals surface area contributed by atoms with Crippen LogP contribution >= 0.6 is 0 Å². The van der Waals surface area contributed by atoms with E-state index in [2.05, 4.69) is 32.5 Å². The van der Waals surface area contributed by atoms with E-state index in [1.54, 1.807) is 12.4 Å². The first kappa shape index (κ1) is 16.9. The summed E-state index contributed by atoms with van der Waals surface area (Å²) in [6.45, 7) is 7.88. The van der Waals surface area contributed by atoms with Gasteiger partial charge in [0.15, 0.2) is 5.82 Å². The van der Waals surface area contributed by atoms with Gasteiger partial charge in [0.05, 0.1) is 0 Å². The molecule has 0 aliphatic heterocycles. The Hall–Kier alpha value is -2.50. The minimum absolute atomic E-state index is 0.278. The summed E-state index contributed by atoms with van der Waals surface area (Å²) in [7, 11) is 0. The number of hydrogen-bond donors (Lipinski definition) is 2. The highest BCUT2D eigenvalue weighted by Gasteiger charge is 2.15. The number of carbonyl (C=O) groups excluding carboxylic acids is 1. The van der Waals surface area contributed by atoms with Gasteiger partial charge in [-0.2, -0.15) is 0 Å². The van der Waals surface area contributed by atoms with E-state index in [9.17, 15) is 4.79 Å². The number of rotatable bonds is 4. The van der Waals surface area contributed by atoms with Crippen molar-refractivity contribution in [1.82, 2.24) is 20.3 Å². The Balaban J connectivity index is 2.28. The van der Waals surface area contributed by atoms with Gasteiger partial charge in [0.25, 0.3) is 0 Å². The minimum Gasteiger partial charge on any atom is -0.333 e. The van der Waals surface area contributed by atoms with Crippen LogP contribution in [0, 0.1) is 0 Å². The summed E-state index contributed by atoms with van der Waals surface area (Å²) in [4.78, 5) is 25.1. The Morgan fingerprint density at radius 1 is 1.17 bits per heavy atom. The monoisotopic (exact) mass is 313 g/mol. The lowest BCUT2D eigenvalue weighted by Gasteiger charge is -2.20. The summed E-state index contributed by atoms with van der Waals surface area (Å²) in [6.07, 6.45) is 5.20. The molecule has 2 amide bonds. The van der Waals surface area contributed by atoms with Crippen molar-refractivity contribution in [3.63, 3.8) is 0 Å². The second-order valence-corrected chi connectivity index (χ2v) is 6.38. The number of urea groups is 1. The fourth-order valence-electron chi connectivity index (χ4n) is 2.06. The summed E-state index contributed by atoms with van der Waals surface area (Å²) in [6, 6.07) is 5.24. The molecule has 0 aromatic carbocycles. The van der Waals surface area contributed by atoms with Crippen LogP contribution in [0.4, 0.5) is 10.6 Å². The fourth-order valence-corrected chi connectivity index (χ4v) is 2.06.